The number of nitrogens with one attached hydrogen (secondary N) is 1. The van der Waals surface area contributed by atoms with Crippen molar-refractivity contribution in [3.63, 3.8) is 0 Å². The number of aliphatic carboxylic acids is 1. The third-order valence-electron chi connectivity index (χ3n) is 5.70. The van der Waals surface area contributed by atoms with E-state index in [0.29, 0.717) is 11.3 Å². The molecule has 5 nitrogen and oxygen atoms in total. The maximum absolute atomic E-state index is 12.9. The average Bonchev–Trinajstić information content (AvgIpc) is 2.60. The summed E-state index contributed by atoms with van der Waals surface area (Å²) in [5.74, 6) is -0.923. The Labute approximate surface area is 166 Å². The van der Waals surface area contributed by atoms with Crippen LogP contribution in [-0.4, -0.2) is 19.5 Å². The average molecular weight is 402 g/mol. The molecule has 0 aromatic heterocycles. The molecule has 0 heterocycles. The van der Waals surface area contributed by atoms with Crippen LogP contribution in [0.3, 0.4) is 0 Å². The monoisotopic (exact) mass is 401 g/mol. The number of carbonyl (C=O) groups is 1. The minimum absolute atomic E-state index is 0.0283. The fraction of sp³-hybridized carbons (Fsp3) is 0.409. The lowest BCUT2D eigenvalue weighted by atomic mass is 9.63. The van der Waals surface area contributed by atoms with Crippen LogP contribution >= 0.6 is 0 Å². The van der Waals surface area contributed by atoms with Gasteiger partial charge >= 0.3 is 5.97 Å². The fourth-order valence-corrected chi connectivity index (χ4v) is 4.90. The van der Waals surface area contributed by atoms with Crippen LogP contribution < -0.4 is 4.72 Å². The minimum Gasteiger partial charge on any atom is -0.481 e. The Morgan fingerprint density at radius 3 is 2.11 bits per heavy atom. The van der Waals surface area contributed by atoms with Crippen molar-refractivity contribution in [3.8, 4) is 0 Å². The van der Waals surface area contributed by atoms with Crippen molar-refractivity contribution >= 4 is 21.7 Å². The van der Waals surface area contributed by atoms with Crippen LogP contribution in [0.15, 0.2) is 47.4 Å². The summed E-state index contributed by atoms with van der Waals surface area (Å²) < 4.78 is 28.4. The minimum atomic E-state index is -3.74. The van der Waals surface area contributed by atoms with Gasteiger partial charge in [0.25, 0.3) is 10.0 Å². The van der Waals surface area contributed by atoms with E-state index < -0.39 is 16.0 Å². The molecule has 3 rings (SSSR count). The van der Waals surface area contributed by atoms with E-state index in [1.54, 1.807) is 36.4 Å². The molecule has 0 aliphatic heterocycles. The molecule has 2 aromatic carbocycles. The van der Waals surface area contributed by atoms with Gasteiger partial charge in [-0.2, -0.15) is 0 Å². The lowest BCUT2D eigenvalue weighted by molar-refractivity contribution is -0.136. The first kappa shape index (κ1) is 20.4. The van der Waals surface area contributed by atoms with Crippen LogP contribution in [0.4, 0.5) is 5.69 Å². The van der Waals surface area contributed by atoms with Gasteiger partial charge in [-0.3, -0.25) is 9.52 Å². The zero-order valence-corrected chi connectivity index (χ0v) is 17.6. The Hall–Kier alpha value is -2.34. The highest BCUT2D eigenvalue weighted by molar-refractivity contribution is 7.92. The summed E-state index contributed by atoms with van der Waals surface area (Å²) in [5, 5.41) is 8.84. The largest absolute Gasteiger partial charge is 0.481 e. The van der Waals surface area contributed by atoms with Gasteiger partial charge in [-0.1, -0.05) is 45.9 Å². The first-order valence-electron chi connectivity index (χ1n) is 9.39. The highest BCUT2D eigenvalue weighted by Crippen LogP contribution is 2.46. The Morgan fingerprint density at radius 2 is 1.54 bits per heavy atom. The predicted octanol–water partition coefficient (Wildman–Crippen LogP) is 4.46. The molecule has 0 spiro atoms. The van der Waals surface area contributed by atoms with E-state index in [4.69, 9.17) is 5.11 Å². The predicted molar refractivity (Wildman–Crippen MR) is 110 cm³/mol. The van der Waals surface area contributed by atoms with E-state index >= 15 is 0 Å². The van der Waals surface area contributed by atoms with Gasteiger partial charge in [-0.15, -0.1) is 0 Å². The maximum atomic E-state index is 12.9. The smallest absolute Gasteiger partial charge is 0.307 e. The summed E-state index contributed by atoms with van der Waals surface area (Å²) in [6, 6.07) is 11.8. The van der Waals surface area contributed by atoms with E-state index in [-0.39, 0.29) is 22.1 Å². The molecule has 0 atom stereocenters. The zero-order chi connectivity index (χ0) is 20.7. The van der Waals surface area contributed by atoms with Crippen molar-refractivity contribution < 1.29 is 18.3 Å². The molecule has 1 aliphatic rings. The molecule has 0 saturated carbocycles. The normalized spacial score (nSPS) is 17.6. The SMILES string of the molecule is CC1(C)CCC(C)(C)c2cc(S(=O)(=O)Nc3ccc(CC(=O)O)cc3)ccc21. The van der Waals surface area contributed by atoms with E-state index in [9.17, 15) is 13.2 Å². The van der Waals surface area contributed by atoms with Crippen molar-refractivity contribution in [3.05, 3.63) is 59.2 Å². The van der Waals surface area contributed by atoms with Crippen LogP contribution in [0.25, 0.3) is 0 Å². The maximum Gasteiger partial charge on any atom is 0.307 e. The van der Waals surface area contributed by atoms with Crippen molar-refractivity contribution in [2.45, 2.75) is 62.7 Å². The lowest BCUT2D eigenvalue weighted by Gasteiger charge is -2.42. The van der Waals surface area contributed by atoms with Crippen molar-refractivity contribution in [1.29, 1.82) is 0 Å². The number of rotatable bonds is 5. The van der Waals surface area contributed by atoms with Gasteiger partial charge in [0.2, 0.25) is 0 Å². The van der Waals surface area contributed by atoms with Crippen LogP contribution in [-0.2, 0) is 32.1 Å². The molecule has 0 amide bonds. The third kappa shape index (κ3) is 4.07. The molecule has 0 fully saturated rings. The molecule has 2 N–H and O–H groups in total. The number of sulfonamides is 1. The number of fused-ring (bicyclic) bond motifs is 1. The summed E-state index contributed by atoms with van der Waals surface area (Å²) in [6.07, 6.45) is 1.98. The molecule has 0 unspecified atom stereocenters. The third-order valence-corrected chi connectivity index (χ3v) is 7.08. The second kappa shape index (κ2) is 6.92. The summed E-state index contributed by atoms with van der Waals surface area (Å²) in [7, 11) is -3.74. The second-order valence-electron chi connectivity index (χ2n) is 8.85. The molecule has 150 valence electrons. The Bertz CT molecular complexity index is 1010. The van der Waals surface area contributed by atoms with Gasteiger partial charge in [-0.05, 0) is 64.6 Å². The number of hydrogen-bond acceptors (Lipinski definition) is 3. The molecule has 6 heteroatoms. The summed E-state index contributed by atoms with van der Waals surface area (Å²) in [4.78, 5) is 11.0. The molecular weight excluding hydrogens is 374 g/mol. The summed E-state index contributed by atoms with van der Waals surface area (Å²) in [5.41, 5.74) is 3.28. The highest BCUT2D eigenvalue weighted by atomic mass is 32.2. The summed E-state index contributed by atoms with van der Waals surface area (Å²) >= 11 is 0. The lowest BCUT2D eigenvalue weighted by Crippen LogP contribution is -2.34. The van der Waals surface area contributed by atoms with Crippen molar-refractivity contribution in [2.75, 3.05) is 4.72 Å². The molecule has 0 bridgehead atoms. The fourth-order valence-electron chi connectivity index (χ4n) is 3.81. The Balaban J connectivity index is 1.91. The number of benzene rings is 2. The first-order valence-corrected chi connectivity index (χ1v) is 10.9. The molecule has 28 heavy (non-hydrogen) atoms. The molecule has 1 aliphatic carbocycles. The molecule has 2 aromatic rings. The molecule has 0 saturated heterocycles. The van der Waals surface area contributed by atoms with E-state index in [1.165, 1.54) is 5.56 Å². The number of hydrogen-bond donors (Lipinski definition) is 2. The standard InChI is InChI=1S/C22H27NO4S/c1-21(2)11-12-22(3,4)19-14-17(9-10-18(19)21)28(26,27)23-16-7-5-15(6-8-16)13-20(24)25/h5-10,14,23H,11-13H2,1-4H3,(H,24,25). The van der Waals surface area contributed by atoms with Crippen LogP contribution in [0.5, 0.6) is 0 Å². The van der Waals surface area contributed by atoms with E-state index in [1.807, 2.05) is 6.07 Å². The van der Waals surface area contributed by atoms with Crippen LogP contribution in [0.2, 0.25) is 0 Å². The highest BCUT2D eigenvalue weighted by Gasteiger charge is 2.37. The molecular formula is C22H27NO4S. The van der Waals surface area contributed by atoms with Crippen molar-refractivity contribution in [2.24, 2.45) is 0 Å². The number of anilines is 1. The van der Waals surface area contributed by atoms with Gasteiger partial charge in [-0.25, -0.2) is 8.42 Å². The van der Waals surface area contributed by atoms with E-state index in [2.05, 4.69) is 32.4 Å². The topological polar surface area (TPSA) is 83.5 Å². The second-order valence-corrected chi connectivity index (χ2v) is 10.5. The quantitative estimate of drug-likeness (QED) is 0.775. The van der Waals surface area contributed by atoms with E-state index in [0.717, 1.165) is 18.4 Å². The van der Waals surface area contributed by atoms with Crippen LogP contribution in [0, 0.1) is 0 Å². The van der Waals surface area contributed by atoms with Gasteiger partial charge in [0.1, 0.15) is 0 Å². The zero-order valence-electron chi connectivity index (χ0n) is 16.7. The number of carboxylic acids is 1. The Kier molecular flexibility index (Phi) is 5.04. The first-order chi connectivity index (χ1) is 12.9. The van der Waals surface area contributed by atoms with Gasteiger partial charge in [0.15, 0.2) is 0 Å². The molecule has 0 radical (unpaired) electrons. The van der Waals surface area contributed by atoms with Gasteiger partial charge in [0.05, 0.1) is 11.3 Å². The number of carboxylic acid groups (broad SMARTS) is 1. The summed E-state index contributed by atoms with van der Waals surface area (Å²) in [6.45, 7) is 8.72. The van der Waals surface area contributed by atoms with Gasteiger partial charge in [0, 0.05) is 5.69 Å². The van der Waals surface area contributed by atoms with Crippen LogP contribution in [0.1, 0.15) is 57.2 Å². The Morgan fingerprint density at radius 1 is 0.964 bits per heavy atom. The van der Waals surface area contributed by atoms with Gasteiger partial charge < -0.3 is 5.11 Å². The van der Waals surface area contributed by atoms with Crippen molar-refractivity contribution in [1.82, 2.24) is 0 Å².